The SMILES string of the molecule is C1=C(c2ccc(-c3ccccc3)cc2)[B-](c2ccc(-c3ccccc3)cc2)(c2ccc(-c3ccccc3)cc2)[o+]2cccc21. The zero-order chi connectivity index (χ0) is 29.3. The smallest absolute Gasteiger partial charge is 0.420 e. The van der Waals surface area contributed by atoms with Crippen molar-refractivity contribution in [2.45, 2.75) is 0 Å². The minimum atomic E-state index is -1.59. The highest BCUT2D eigenvalue weighted by molar-refractivity contribution is 7.12. The lowest BCUT2D eigenvalue weighted by atomic mass is 9.27. The molecule has 7 aromatic rings. The first-order chi connectivity index (χ1) is 21.8. The molecule has 0 atom stereocenters. The van der Waals surface area contributed by atoms with Crippen LogP contribution in [0, 0.1) is 0 Å². The molecule has 1 aliphatic heterocycles. The first-order valence-corrected chi connectivity index (χ1v) is 15.3. The van der Waals surface area contributed by atoms with Crippen LogP contribution >= 0.6 is 0 Å². The van der Waals surface area contributed by atoms with Crippen molar-refractivity contribution in [1.29, 1.82) is 0 Å². The summed E-state index contributed by atoms with van der Waals surface area (Å²) in [6.07, 6.45) is 2.95. The molecule has 0 unspecified atom stereocenters. The summed E-state index contributed by atoms with van der Waals surface area (Å²) in [5, 5.41) is 0. The van der Waals surface area contributed by atoms with Gasteiger partial charge in [0.15, 0.2) is 12.0 Å². The van der Waals surface area contributed by atoms with Gasteiger partial charge in [-0.15, -0.1) is 10.9 Å². The molecule has 0 N–H and O–H groups in total. The van der Waals surface area contributed by atoms with Gasteiger partial charge in [-0.3, -0.25) is 0 Å². The molecule has 0 saturated carbocycles. The van der Waals surface area contributed by atoms with Gasteiger partial charge in [-0.1, -0.05) is 175 Å². The van der Waals surface area contributed by atoms with Crippen LogP contribution in [0.2, 0.25) is 0 Å². The lowest BCUT2D eigenvalue weighted by Gasteiger charge is -2.39. The Bertz CT molecular complexity index is 1970. The van der Waals surface area contributed by atoms with E-state index >= 15 is 0 Å². The summed E-state index contributed by atoms with van der Waals surface area (Å²) in [4.78, 5) is 0. The molecule has 208 valence electrons. The molecule has 1 nitrogen and oxygen atoms in total. The Kier molecular flexibility index (Phi) is 6.46. The van der Waals surface area contributed by atoms with Gasteiger partial charge in [0, 0.05) is 18.2 Å². The lowest BCUT2D eigenvalue weighted by Crippen LogP contribution is -2.59. The van der Waals surface area contributed by atoms with Crippen LogP contribution in [0.25, 0.3) is 44.9 Å². The Morgan fingerprint density at radius 2 is 0.682 bits per heavy atom. The molecule has 6 aromatic carbocycles. The maximum absolute atomic E-state index is 3.62. The Morgan fingerprint density at radius 3 is 1.11 bits per heavy atom. The number of hydrogen-bond donors (Lipinski definition) is 0. The normalized spacial score (nSPS) is 13.3. The Hall–Kier alpha value is -5.60. The van der Waals surface area contributed by atoms with E-state index < -0.39 is 6.35 Å². The van der Waals surface area contributed by atoms with Crippen LogP contribution < -0.4 is 10.9 Å². The predicted molar refractivity (Wildman–Crippen MR) is 187 cm³/mol. The Morgan fingerprint density at radius 1 is 0.318 bits per heavy atom. The average Bonchev–Trinajstić information content (AvgIpc) is 3.71. The van der Waals surface area contributed by atoms with Crippen LogP contribution in [-0.2, 0) is 0 Å². The molecule has 1 aromatic heterocycles. The van der Waals surface area contributed by atoms with Crippen LogP contribution in [0.1, 0.15) is 11.3 Å². The maximum Gasteiger partial charge on any atom is 0.420 e. The zero-order valence-electron chi connectivity index (χ0n) is 24.4. The van der Waals surface area contributed by atoms with Crippen molar-refractivity contribution in [1.82, 2.24) is 0 Å². The molecule has 0 aliphatic carbocycles. The number of benzene rings is 6. The van der Waals surface area contributed by atoms with E-state index in [2.05, 4.69) is 192 Å². The molecule has 2 heterocycles. The summed E-state index contributed by atoms with van der Waals surface area (Å²) in [5.74, 6) is 1.14. The van der Waals surface area contributed by atoms with E-state index in [0.29, 0.717) is 0 Å². The molecule has 0 radical (unpaired) electrons. The van der Waals surface area contributed by atoms with Gasteiger partial charge in [0.2, 0.25) is 0 Å². The fraction of sp³-hybridized carbons (Fsp3) is 0. The molecule has 1 aliphatic rings. The third-order valence-electron chi connectivity index (χ3n) is 9.17. The van der Waals surface area contributed by atoms with Crippen LogP contribution in [-0.4, -0.2) is 6.35 Å². The second-order valence-electron chi connectivity index (χ2n) is 11.6. The molecule has 2 heteroatoms. The first-order valence-electron chi connectivity index (χ1n) is 15.3. The van der Waals surface area contributed by atoms with Crippen molar-refractivity contribution in [3.05, 3.63) is 194 Å². The largest absolute Gasteiger partial charge is 0.777 e. The molecule has 44 heavy (non-hydrogen) atoms. The van der Waals surface area contributed by atoms with E-state index in [1.165, 1.54) is 55.3 Å². The highest BCUT2D eigenvalue weighted by Gasteiger charge is 2.49. The second-order valence-corrected chi connectivity index (χ2v) is 11.6. The number of hydrogen-bond acceptors (Lipinski definition) is 0. The van der Waals surface area contributed by atoms with Gasteiger partial charge < -0.3 is 3.96 Å². The van der Waals surface area contributed by atoms with Crippen molar-refractivity contribution in [2.24, 2.45) is 0 Å². The molecular weight excluding hydrogens is 531 g/mol. The summed E-state index contributed by atoms with van der Waals surface area (Å²) in [5.41, 5.74) is 12.4. The monoisotopic (exact) mass is 562 g/mol. The van der Waals surface area contributed by atoms with Gasteiger partial charge in [-0.25, -0.2) is 0 Å². The second kappa shape index (κ2) is 10.9. The number of fused-ring (bicyclic) bond motifs is 1. The van der Waals surface area contributed by atoms with Crippen molar-refractivity contribution in [3.8, 4) is 33.4 Å². The zero-order valence-corrected chi connectivity index (χ0v) is 24.4. The van der Waals surface area contributed by atoms with Gasteiger partial charge >= 0.3 is 6.35 Å². The van der Waals surface area contributed by atoms with Crippen molar-refractivity contribution in [3.63, 3.8) is 0 Å². The lowest BCUT2D eigenvalue weighted by molar-refractivity contribution is 0.377. The standard InChI is InChI=1S/C42H31BO/c1-4-11-32(12-5-1)35-18-20-38(21-19-35)42-31-41-17-10-30-44(41)43(42,39-26-22-36(23-27-39)33-13-6-2-7-14-33)40-28-24-37(25-29-40)34-15-8-3-9-16-34/h1-31H. The van der Waals surface area contributed by atoms with E-state index in [9.17, 15) is 0 Å². The highest BCUT2D eigenvalue weighted by atomic mass is 16.5. The van der Waals surface area contributed by atoms with E-state index in [0.717, 1.165) is 5.76 Å². The third kappa shape index (κ3) is 4.35. The van der Waals surface area contributed by atoms with E-state index in [-0.39, 0.29) is 0 Å². The summed E-state index contributed by atoms with van der Waals surface area (Å²) in [6, 6.07) is 63.6. The Balaban J connectivity index is 1.31. The third-order valence-corrected chi connectivity index (χ3v) is 9.17. The van der Waals surface area contributed by atoms with Crippen molar-refractivity contribution < 1.29 is 3.96 Å². The maximum atomic E-state index is 3.62. The van der Waals surface area contributed by atoms with E-state index in [1.807, 2.05) is 0 Å². The average molecular weight is 563 g/mol. The molecule has 0 fully saturated rings. The number of furan rings is 1. The summed E-state index contributed by atoms with van der Waals surface area (Å²) >= 11 is 0. The minimum absolute atomic E-state index is 1.14. The van der Waals surface area contributed by atoms with E-state index in [1.54, 1.807) is 0 Å². The minimum Gasteiger partial charge on any atom is -0.777 e. The van der Waals surface area contributed by atoms with Gasteiger partial charge in [0.1, 0.15) is 0 Å². The summed E-state index contributed by atoms with van der Waals surface area (Å²) < 4.78 is 3.62. The van der Waals surface area contributed by atoms with Gasteiger partial charge in [0.25, 0.3) is 0 Å². The van der Waals surface area contributed by atoms with Crippen LogP contribution in [0.4, 0.5) is 0 Å². The van der Waals surface area contributed by atoms with Crippen LogP contribution in [0.15, 0.2) is 186 Å². The summed E-state index contributed by atoms with van der Waals surface area (Å²) in [7, 11) is 0. The van der Waals surface area contributed by atoms with Crippen LogP contribution in [0.3, 0.4) is 0 Å². The fourth-order valence-electron chi connectivity index (χ4n) is 7.02. The molecular formula is C42H31BO. The van der Waals surface area contributed by atoms with Crippen LogP contribution in [0.5, 0.6) is 0 Å². The van der Waals surface area contributed by atoms with E-state index in [4.69, 9.17) is 0 Å². The van der Waals surface area contributed by atoms with Gasteiger partial charge in [-0.05, 0) is 33.4 Å². The molecule has 0 spiro atoms. The number of rotatable bonds is 6. The topological polar surface area (TPSA) is 2.70 Å². The summed E-state index contributed by atoms with van der Waals surface area (Å²) in [6.45, 7) is 0. The van der Waals surface area contributed by atoms with Gasteiger partial charge in [0.05, 0.1) is 0 Å². The molecule has 0 saturated heterocycles. The highest BCUT2D eigenvalue weighted by Crippen LogP contribution is 2.42. The molecule has 0 bridgehead atoms. The van der Waals surface area contributed by atoms with Gasteiger partial charge in [-0.2, -0.15) is 0 Å². The fourth-order valence-corrected chi connectivity index (χ4v) is 7.02. The Labute approximate surface area is 259 Å². The van der Waals surface area contributed by atoms with Crippen molar-refractivity contribution in [2.75, 3.05) is 0 Å². The predicted octanol–water partition coefficient (Wildman–Crippen LogP) is 9.67. The molecule has 8 rings (SSSR count). The molecule has 0 amide bonds. The quantitative estimate of drug-likeness (QED) is 0.140. The van der Waals surface area contributed by atoms with Crippen molar-refractivity contribution >= 4 is 28.8 Å². The first kappa shape index (κ1) is 26.1.